The van der Waals surface area contributed by atoms with Crippen molar-refractivity contribution in [3.05, 3.63) is 29.5 Å². The number of methoxy groups -OCH3 is 3. The molecule has 1 aromatic carbocycles. The molecule has 2 N–H and O–H groups in total. The number of anilines is 2. The highest BCUT2D eigenvalue weighted by molar-refractivity contribution is 5.94. The molecule has 8 heteroatoms. The van der Waals surface area contributed by atoms with Crippen molar-refractivity contribution in [1.29, 1.82) is 0 Å². The molecule has 0 saturated heterocycles. The molecule has 8 nitrogen and oxygen atoms in total. The summed E-state index contributed by atoms with van der Waals surface area (Å²) < 4.78 is 16.2. The van der Waals surface area contributed by atoms with Crippen LogP contribution in [0.25, 0.3) is 0 Å². The molecule has 0 atom stereocenters. The highest BCUT2D eigenvalue weighted by atomic mass is 16.5. The van der Waals surface area contributed by atoms with Gasteiger partial charge in [0.1, 0.15) is 11.7 Å². The number of rotatable bonds is 8. The maximum Gasteiger partial charge on any atom is 0.232 e. The van der Waals surface area contributed by atoms with Gasteiger partial charge in [0.15, 0.2) is 11.5 Å². The molecule has 152 valence electrons. The second-order valence-electron chi connectivity index (χ2n) is 6.06. The molecule has 0 aliphatic heterocycles. The summed E-state index contributed by atoms with van der Waals surface area (Å²) in [5.74, 6) is 3.58. The van der Waals surface area contributed by atoms with E-state index in [-0.39, 0.29) is 0 Å². The molecule has 28 heavy (non-hydrogen) atoms. The zero-order valence-electron chi connectivity index (χ0n) is 17.4. The lowest BCUT2D eigenvalue weighted by Crippen LogP contribution is -2.30. The van der Waals surface area contributed by atoms with E-state index >= 15 is 0 Å². The van der Waals surface area contributed by atoms with Crippen molar-refractivity contribution < 1.29 is 14.2 Å². The second-order valence-corrected chi connectivity index (χ2v) is 6.06. The molecule has 0 fully saturated rings. The van der Waals surface area contributed by atoms with E-state index in [1.165, 1.54) is 0 Å². The number of hydrogen-bond acceptors (Lipinski definition) is 7. The predicted octanol–water partition coefficient (Wildman–Crippen LogP) is 2.94. The molecule has 0 aliphatic rings. The molecule has 1 aromatic heterocycles. The predicted molar refractivity (Wildman–Crippen MR) is 112 cm³/mol. The Bertz CT molecular complexity index is 814. The summed E-state index contributed by atoms with van der Waals surface area (Å²) in [7, 11) is 4.76. The lowest BCUT2D eigenvalue weighted by atomic mass is 10.1. The molecular formula is C20H29N5O3. The van der Waals surface area contributed by atoms with Gasteiger partial charge in [0.05, 0.1) is 21.3 Å². The average molecular weight is 387 g/mol. The number of aliphatic imine (C=N–C) groups is 1. The Morgan fingerprint density at radius 1 is 1.11 bits per heavy atom. The second kappa shape index (κ2) is 9.77. The fraction of sp³-hybridized carbons (Fsp3) is 0.450. The van der Waals surface area contributed by atoms with Crippen LogP contribution in [-0.4, -0.2) is 50.2 Å². The topological polar surface area (TPSA) is 95.1 Å². The first-order valence-electron chi connectivity index (χ1n) is 9.17. The lowest BCUT2D eigenvalue weighted by Gasteiger charge is -2.21. The maximum absolute atomic E-state index is 6.23. The van der Waals surface area contributed by atoms with Crippen molar-refractivity contribution in [2.45, 2.75) is 27.2 Å². The van der Waals surface area contributed by atoms with Gasteiger partial charge in [-0.05, 0) is 38.5 Å². The van der Waals surface area contributed by atoms with Crippen LogP contribution >= 0.6 is 0 Å². The van der Waals surface area contributed by atoms with Crippen LogP contribution in [0.5, 0.6) is 17.2 Å². The molecule has 0 bridgehead atoms. The Balaban J connectivity index is 2.34. The highest BCUT2D eigenvalue weighted by Crippen LogP contribution is 2.38. The van der Waals surface area contributed by atoms with E-state index in [9.17, 15) is 0 Å². The number of nitrogens with two attached hydrogens (primary N) is 1. The fourth-order valence-electron chi connectivity index (χ4n) is 2.96. The van der Waals surface area contributed by atoms with Crippen LogP contribution in [0.15, 0.2) is 23.3 Å². The number of hydrogen-bond donors (Lipinski definition) is 1. The Morgan fingerprint density at radius 3 is 2.21 bits per heavy atom. The Labute approximate surface area is 166 Å². The van der Waals surface area contributed by atoms with E-state index in [1.54, 1.807) is 27.5 Å². The molecule has 0 amide bonds. The van der Waals surface area contributed by atoms with Crippen LogP contribution in [0.4, 0.5) is 11.8 Å². The van der Waals surface area contributed by atoms with Gasteiger partial charge in [0.25, 0.3) is 0 Å². The highest BCUT2D eigenvalue weighted by Gasteiger charge is 2.16. The number of benzene rings is 1. The Hall–Kier alpha value is -3.03. The number of aromatic nitrogens is 2. The largest absolute Gasteiger partial charge is 0.493 e. The van der Waals surface area contributed by atoms with Gasteiger partial charge in [-0.2, -0.15) is 4.98 Å². The summed E-state index contributed by atoms with van der Waals surface area (Å²) in [5, 5.41) is 0. The molecular weight excluding hydrogens is 358 g/mol. The standard InChI is InChI=1S/C20H29N5O3/c1-7-22-13(3)25(8-2)20-23-12-15(19(21)24-20)9-14-10-16(26-4)18(28-6)17(11-14)27-5/h10-12H,7-9H2,1-6H3,(H2,21,23,24). The third-order valence-electron chi connectivity index (χ3n) is 4.34. The van der Waals surface area contributed by atoms with Crippen molar-refractivity contribution in [2.75, 3.05) is 45.1 Å². The van der Waals surface area contributed by atoms with E-state index in [0.717, 1.165) is 17.0 Å². The SMILES string of the molecule is CCN=C(C)N(CC)c1ncc(Cc2cc(OC)c(OC)c(OC)c2)c(N)n1. The maximum atomic E-state index is 6.23. The minimum atomic E-state index is 0.432. The summed E-state index contributed by atoms with van der Waals surface area (Å²) in [4.78, 5) is 15.3. The molecule has 0 spiro atoms. The number of ether oxygens (including phenoxy) is 3. The Morgan fingerprint density at radius 2 is 1.75 bits per heavy atom. The molecule has 2 rings (SSSR count). The van der Waals surface area contributed by atoms with Crippen molar-refractivity contribution in [1.82, 2.24) is 9.97 Å². The number of nitrogen functional groups attached to an aromatic ring is 1. The van der Waals surface area contributed by atoms with E-state index < -0.39 is 0 Å². The van der Waals surface area contributed by atoms with Gasteiger partial charge >= 0.3 is 0 Å². The van der Waals surface area contributed by atoms with Gasteiger partial charge in [-0.25, -0.2) is 4.98 Å². The molecule has 2 aromatic rings. The van der Waals surface area contributed by atoms with Gasteiger partial charge < -0.3 is 19.9 Å². The van der Waals surface area contributed by atoms with Crippen molar-refractivity contribution in [3.8, 4) is 17.2 Å². The molecule has 0 radical (unpaired) electrons. The van der Waals surface area contributed by atoms with Crippen LogP contribution < -0.4 is 24.8 Å². The van der Waals surface area contributed by atoms with Crippen molar-refractivity contribution >= 4 is 17.6 Å². The van der Waals surface area contributed by atoms with Crippen molar-refractivity contribution in [2.24, 2.45) is 4.99 Å². The molecule has 0 unspecified atom stereocenters. The van der Waals surface area contributed by atoms with Gasteiger partial charge in [-0.1, -0.05) is 0 Å². The summed E-state index contributed by atoms with van der Waals surface area (Å²) >= 11 is 0. The summed E-state index contributed by atoms with van der Waals surface area (Å²) in [6.45, 7) is 7.37. The average Bonchev–Trinajstić information content (AvgIpc) is 2.69. The molecule has 0 saturated carbocycles. The van der Waals surface area contributed by atoms with Crippen LogP contribution in [0.1, 0.15) is 31.9 Å². The first-order chi connectivity index (χ1) is 13.5. The van der Waals surface area contributed by atoms with Gasteiger partial charge in [-0.3, -0.25) is 9.89 Å². The number of amidine groups is 1. The van der Waals surface area contributed by atoms with Crippen LogP contribution in [-0.2, 0) is 6.42 Å². The minimum Gasteiger partial charge on any atom is -0.493 e. The van der Waals surface area contributed by atoms with Gasteiger partial charge in [0, 0.05) is 31.3 Å². The number of nitrogens with zero attached hydrogens (tertiary/aromatic N) is 4. The Kier molecular flexibility index (Phi) is 7.43. The van der Waals surface area contributed by atoms with E-state index in [1.807, 2.05) is 37.8 Å². The van der Waals surface area contributed by atoms with Crippen molar-refractivity contribution in [3.63, 3.8) is 0 Å². The normalized spacial score (nSPS) is 11.3. The molecule has 1 heterocycles. The third-order valence-corrected chi connectivity index (χ3v) is 4.34. The smallest absolute Gasteiger partial charge is 0.232 e. The molecule has 0 aliphatic carbocycles. The minimum absolute atomic E-state index is 0.432. The van der Waals surface area contributed by atoms with Gasteiger partial charge in [0.2, 0.25) is 11.7 Å². The van der Waals surface area contributed by atoms with Crippen LogP contribution in [0, 0.1) is 0 Å². The van der Waals surface area contributed by atoms with Crippen LogP contribution in [0.2, 0.25) is 0 Å². The summed E-state index contributed by atoms with van der Waals surface area (Å²) in [6.07, 6.45) is 2.29. The third kappa shape index (κ3) is 4.62. The zero-order valence-corrected chi connectivity index (χ0v) is 17.4. The summed E-state index contributed by atoms with van der Waals surface area (Å²) in [5.41, 5.74) is 8.00. The van der Waals surface area contributed by atoms with Crippen LogP contribution in [0.3, 0.4) is 0 Å². The fourth-order valence-corrected chi connectivity index (χ4v) is 2.96. The van der Waals surface area contributed by atoms with E-state index in [0.29, 0.717) is 48.5 Å². The van der Waals surface area contributed by atoms with Gasteiger partial charge in [-0.15, -0.1) is 0 Å². The lowest BCUT2D eigenvalue weighted by molar-refractivity contribution is 0.324. The first kappa shape index (κ1) is 21.3. The zero-order chi connectivity index (χ0) is 20.7. The quantitative estimate of drug-likeness (QED) is 0.549. The van der Waals surface area contributed by atoms with E-state index in [4.69, 9.17) is 19.9 Å². The summed E-state index contributed by atoms with van der Waals surface area (Å²) in [6, 6.07) is 3.79. The monoisotopic (exact) mass is 387 g/mol. The van der Waals surface area contributed by atoms with E-state index in [2.05, 4.69) is 15.0 Å². The first-order valence-corrected chi connectivity index (χ1v) is 9.17.